The largest absolute Gasteiger partial charge is 0.497 e. The molecule has 0 saturated heterocycles. The smallest absolute Gasteiger partial charge is 0.358 e. The molecule has 0 fully saturated rings. The van der Waals surface area contributed by atoms with Crippen LogP contribution in [0.1, 0.15) is 22.6 Å². The number of benzene rings is 1. The number of hydrogen-bond acceptors (Lipinski definition) is 6. The molecule has 1 aliphatic heterocycles. The first-order chi connectivity index (χ1) is 13.0. The lowest BCUT2D eigenvalue weighted by Gasteiger charge is -2.21. The maximum atomic E-state index is 12.8. The second kappa shape index (κ2) is 7.98. The third-order valence-electron chi connectivity index (χ3n) is 4.34. The normalized spacial score (nSPS) is 13.4. The molecule has 144 valence electrons. The lowest BCUT2D eigenvalue weighted by Crippen LogP contribution is -2.34. The predicted octanol–water partition coefficient (Wildman–Crippen LogP) is 2.12. The lowest BCUT2D eigenvalue weighted by atomic mass is 10.2. The minimum atomic E-state index is -0.493. The number of fused-ring (bicyclic) bond motifs is 1. The van der Waals surface area contributed by atoms with E-state index in [0.29, 0.717) is 36.8 Å². The number of ether oxygens (including phenoxy) is 3. The van der Waals surface area contributed by atoms with E-state index in [1.165, 1.54) is 14.2 Å². The number of rotatable bonds is 4. The molecule has 0 unspecified atom stereocenters. The van der Waals surface area contributed by atoms with Gasteiger partial charge in [-0.05, 0) is 24.6 Å². The van der Waals surface area contributed by atoms with Gasteiger partial charge in [-0.2, -0.15) is 5.10 Å². The minimum Gasteiger partial charge on any atom is -0.497 e. The van der Waals surface area contributed by atoms with Gasteiger partial charge in [0, 0.05) is 19.2 Å². The van der Waals surface area contributed by atoms with Crippen molar-refractivity contribution in [2.75, 3.05) is 33.2 Å². The Morgan fingerprint density at radius 1 is 1.11 bits per heavy atom. The number of nitrogens with one attached hydrogen (secondary N) is 1. The SMILES string of the molecule is COC(=O)c1cc2n(n1)CCCN(C(=O)Nc1cc(OC)ccc1OC)C2. The molecule has 9 nitrogen and oxygen atoms in total. The Labute approximate surface area is 156 Å². The van der Waals surface area contributed by atoms with Crippen molar-refractivity contribution in [2.24, 2.45) is 0 Å². The number of carbonyl (C=O) groups is 2. The van der Waals surface area contributed by atoms with Crippen LogP contribution in [0.25, 0.3) is 0 Å². The molecular weight excluding hydrogens is 352 g/mol. The number of aromatic nitrogens is 2. The average molecular weight is 374 g/mol. The van der Waals surface area contributed by atoms with Crippen molar-refractivity contribution >= 4 is 17.7 Å². The molecular formula is C18H22N4O5. The van der Waals surface area contributed by atoms with Crippen LogP contribution in [0.2, 0.25) is 0 Å². The summed E-state index contributed by atoms with van der Waals surface area (Å²) in [7, 11) is 4.41. The number of carbonyl (C=O) groups excluding carboxylic acids is 2. The van der Waals surface area contributed by atoms with Crippen LogP contribution in [-0.4, -0.2) is 54.6 Å². The first-order valence-electron chi connectivity index (χ1n) is 8.48. The highest BCUT2D eigenvalue weighted by Crippen LogP contribution is 2.29. The summed E-state index contributed by atoms with van der Waals surface area (Å²) in [6.07, 6.45) is 0.720. The molecule has 0 atom stereocenters. The third-order valence-corrected chi connectivity index (χ3v) is 4.34. The molecule has 0 radical (unpaired) electrons. The summed E-state index contributed by atoms with van der Waals surface area (Å²) in [6.45, 7) is 1.52. The van der Waals surface area contributed by atoms with Gasteiger partial charge >= 0.3 is 12.0 Å². The van der Waals surface area contributed by atoms with E-state index < -0.39 is 5.97 Å². The Balaban J connectivity index is 1.77. The molecule has 27 heavy (non-hydrogen) atoms. The van der Waals surface area contributed by atoms with Gasteiger partial charge in [-0.15, -0.1) is 0 Å². The van der Waals surface area contributed by atoms with Crippen molar-refractivity contribution in [3.63, 3.8) is 0 Å². The van der Waals surface area contributed by atoms with E-state index in [2.05, 4.69) is 10.4 Å². The molecule has 0 aliphatic carbocycles. The number of amides is 2. The Morgan fingerprint density at radius 3 is 2.63 bits per heavy atom. The Bertz CT molecular complexity index is 848. The molecule has 0 bridgehead atoms. The summed E-state index contributed by atoms with van der Waals surface area (Å²) in [5.74, 6) is 0.660. The van der Waals surface area contributed by atoms with Crippen molar-refractivity contribution in [3.8, 4) is 11.5 Å². The summed E-state index contributed by atoms with van der Waals surface area (Å²) in [6, 6.07) is 6.58. The fraction of sp³-hybridized carbons (Fsp3) is 0.389. The van der Waals surface area contributed by atoms with Crippen molar-refractivity contribution < 1.29 is 23.8 Å². The van der Waals surface area contributed by atoms with Crippen molar-refractivity contribution in [1.82, 2.24) is 14.7 Å². The van der Waals surface area contributed by atoms with E-state index in [4.69, 9.17) is 14.2 Å². The van der Waals surface area contributed by atoms with Crippen LogP contribution < -0.4 is 14.8 Å². The van der Waals surface area contributed by atoms with Crippen LogP contribution in [0.15, 0.2) is 24.3 Å². The topological polar surface area (TPSA) is 94.9 Å². The molecule has 1 aromatic carbocycles. The third kappa shape index (κ3) is 3.97. The summed E-state index contributed by atoms with van der Waals surface area (Å²) < 4.78 is 17.0. The zero-order chi connectivity index (χ0) is 19.4. The average Bonchev–Trinajstić information content (AvgIpc) is 2.98. The summed E-state index contributed by atoms with van der Waals surface area (Å²) >= 11 is 0. The van der Waals surface area contributed by atoms with E-state index in [1.807, 2.05) is 0 Å². The van der Waals surface area contributed by atoms with E-state index in [-0.39, 0.29) is 11.7 Å². The molecule has 3 rings (SSSR count). The molecule has 2 aromatic rings. The monoisotopic (exact) mass is 374 g/mol. The number of hydrogen-bond donors (Lipinski definition) is 1. The zero-order valence-electron chi connectivity index (χ0n) is 15.5. The van der Waals surface area contributed by atoms with Crippen molar-refractivity contribution in [2.45, 2.75) is 19.5 Å². The highest BCUT2D eigenvalue weighted by Gasteiger charge is 2.23. The molecule has 2 amide bonds. The van der Waals surface area contributed by atoms with Gasteiger partial charge in [-0.3, -0.25) is 4.68 Å². The first kappa shape index (κ1) is 18.6. The zero-order valence-corrected chi connectivity index (χ0v) is 15.5. The maximum absolute atomic E-state index is 12.8. The summed E-state index contributed by atoms with van der Waals surface area (Å²) in [5.41, 5.74) is 1.54. The van der Waals surface area contributed by atoms with Crippen molar-refractivity contribution in [1.29, 1.82) is 0 Å². The standard InChI is InChI=1S/C18H22N4O5/c1-25-13-5-6-16(26-2)14(10-13)19-18(24)21-7-4-8-22-12(11-21)9-15(20-22)17(23)27-3/h5-6,9-10H,4,7-8,11H2,1-3H3,(H,19,24). The summed E-state index contributed by atoms with van der Waals surface area (Å²) in [5, 5.41) is 7.12. The second-order valence-corrected chi connectivity index (χ2v) is 6.01. The molecule has 0 spiro atoms. The van der Waals surface area contributed by atoms with Crippen LogP contribution in [0, 0.1) is 0 Å². The minimum absolute atomic E-state index is 0.240. The van der Waals surface area contributed by atoms with Crippen LogP contribution in [-0.2, 0) is 17.8 Å². The Morgan fingerprint density at radius 2 is 1.93 bits per heavy atom. The maximum Gasteiger partial charge on any atom is 0.358 e. The molecule has 1 N–H and O–H groups in total. The van der Waals surface area contributed by atoms with Gasteiger partial charge in [-0.1, -0.05) is 0 Å². The van der Waals surface area contributed by atoms with Gasteiger partial charge < -0.3 is 24.4 Å². The fourth-order valence-corrected chi connectivity index (χ4v) is 2.95. The Kier molecular flexibility index (Phi) is 5.49. The number of urea groups is 1. The first-order valence-corrected chi connectivity index (χ1v) is 8.48. The molecule has 1 aliphatic rings. The number of esters is 1. The van der Waals surface area contributed by atoms with Crippen LogP contribution in [0.4, 0.5) is 10.5 Å². The van der Waals surface area contributed by atoms with Gasteiger partial charge in [-0.25, -0.2) is 9.59 Å². The number of aryl methyl sites for hydroxylation is 1. The Hall–Kier alpha value is -3.23. The molecule has 0 saturated carbocycles. The van der Waals surface area contributed by atoms with E-state index >= 15 is 0 Å². The highest BCUT2D eigenvalue weighted by atomic mass is 16.5. The van der Waals surface area contributed by atoms with Gasteiger partial charge in [0.05, 0.1) is 39.3 Å². The van der Waals surface area contributed by atoms with Crippen LogP contribution >= 0.6 is 0 Å². The molecule has 1 aromatic heterocycles. The highest BCUT2D eigenvalue weighted by molar-refractivity contribution is 5.91. The predicted molar refractivity (Wildman–Crippen MR) is 97.2 cm³/mol. The van der Waals surface area contributed by atoms with Crippen LogP contribution in [0.3, 0.4) is 0 Å². The number of anilines is 1. The van der Waals surface area contributed by atoms with Gasteiger partial charge in [0.15, 0.2) is 5.69 Å². The van der Waals surface area contributed by atoms with E-state index in [1.54, 1.807) is 41.0 Å². The molecule has 2 heterocycles. The lowest BCUT2D eigenvalue weighted by molar-refractivity contribution is 0.0593. The van der Waals surface area contributed by atoms with E-state index in [0.717, 1.165) is 12.1 Å². The van der Waals surface area contributed by atoms with Crippen molar-refractivity contribution in [3.05, 3.63) is 35.7 Å². The van der Waals surface area contributed by atoms with E-state index in [9.17, 15) is 9.59 Å². The fourth-order valence-electron chi connectivity index (χ4n) is 2.95. The van der Waals surface area contributed by atoms with Gasteiger partial charge in [0.1, 0.15) is 11.5 Å². The molecule has 9 heteroatoms. The van der Waals surface area contributed by atoms with Gasteiger partial charge in [0.25, 0.3) is 0 Å². The van der Waals surface area contributed by atoms with Crippen LogP contribution in [0.5, 0.6) is 11.5 Å². The quantitative estimate of drug-likeness (QED) is 0.824. The number of nitrogens with zero attached hydrogens (tertiary/aromatic N) is 3. The van der Waals surface area contributed by atoms with Gasteiger partial charge in [0.2, 0.25) is 0 Å². The second-order valence-electron chi connectivity index (χ2n) is 6.01. The number of methoxy groups -OCH3 is 3. The summed E-state index contributed by atoms with van der Waals surface area (Å²) in [4.78, 5) is 26.1.